The van der Waals surface area contributed by atoms with Crippen LogP contribution in [0.15, 0.2) is 78.9 Å². The number of hydrogen-bond donors (Lipinski definition) is 0. The van der Waals surface area contributed by atoms with Gasteiger partial charge in [0.1, 0.15) is 6.61 Å². The van der Waals surface area contributed by atoms with E-state index in [0.29, 0.717) is 12.2 Å². The zero-order chi connectivity index (χ0) is 23.9. The molecule has 0 saturated carbocycles. The maximum atomic E-state index is 12.1. The Morgan fingerprint density at radius 1 is 0.657 bits per heavy atom. The minimum Gasteiger partial charge on any atom is -0.461 e. The monoisotopic (exact) mass is 467 g/mol. The Hall–Kier alpha value is -3.41. The maximum absolute atomic E-state index is 12.1. The Bertz CT molecular complexity index is 1100. The Morgan fingerprint density at radius 2 is 1.20 bits per heavy atom. The molecule has 5 nitrogen and oxygen atoms in total. The average Bonchev–Trinajstić information content (AvgIpc) is 3.07. The molecular formula is C30H33N3O2. The number of carbonyl (C=O) groups is 1. The third-order valence-corrected chi connectivity index (χ3v) is 6.87. The van der Waals surface area contributed by atoms with Crippen LogP contribution in [0.2, 0.25) is 0 Å². The van der Waals surface area contributed by atoms with Gasteiger partial charge in [0.25, 0.3) is 0 Å². The Kier molecular flexibility index (Phi) is 7.56. The van der Waals surface area contributed by atoms with Gasteiger partial charge in [-0.15, -0.1) is 0 Å². The van der Waals surface area contributed by atoms with Crippen molar-refractivity contribution < 1.29 is 9.53 Å². The van der Waals surface area contributed by atoms with Crippen molar-refractivity contribution >= 4 is 29.5 Å². The lowest BCUT2D eigenvalue weighted by Crippen LogP contribution is -2.47. The molecule has 0 spiro atoms. The number of hydrogen-bond acceptors (Lipinski definition) is 5. The van der Waals surface area contributed by atoms with Crippen LogP contribution in [0.4, 0.5) is 11.4 Å². The van der Waals surface area contributed by atoms with Crippen LogP contribution in [0.1, 0.15) is 27.9 Å². The lowest BCUT2D eigenvalue weighted by atomic mass is 10.1. The molecule has 1 saturated heterocycles. The van der Waals surface area contributed by atoms with E-state index in [2.05, 4.69) is 75.4 Å². The van der Waals surface area contributed by atoms with Crippen molar-refractivity contribution in [1.29, 1.82) is 0 Å². The molecule has 0 bridgehead atoms. The van der Waals surface area contributed by atoms with E-state index in [9.17, 15) is 4.79 Å². The van der Waals surface area contributed by atoms with Gasteiger partial charge in [0.2, 0.25) is 0 Å². The molecule has 5 heteroatoms. The average molecular weight is 468 g/mol. The Balaban J connectivity index is 1.08. The maximum Gasteiger partial charge on any atom is 0.338 e. The van der Waals surface area contributed by atoms with Gasteiger partial charge in [-0.25, -0.2) is 4.79 Å². The molecule has 1 fully saturated rings. The summed E-state index contributed by atoms with van der Waals surface area (Å²) < 4.78 is 5.45. The zero-order valence-electron chi connectivity index (χ0n) is 20.2. The van der Waals surface area contributed by atoms with Gasteiger partial charge in [-0.05, 0) is 48.4 Å². The fourth-order valence-corrected chi connectivity index (χ4v) is 4.91. The molecule has 2 aliphatic heterocycles. The predicted octanol–water partition coefficient (Wildman–Crippen LogP) is 5.17. The van der Waals surface area contributed by atoms with E-state index < -0.39 is 0 Å². The number of carbonyl (C=O) groups excluding carboxylic acids is 1. The van der Waals surface area contributed by atoms with Crippen LogP contribution < -0.4 is 4.90 Å². The predicted molar refractivity (Wildman–Crippen MR) is 143 cm³/mol. The fraction of sp³-hybridized carbons (Fsp3) is 0.300. The molecule has 0 amide bonds. The topological polar surface area (TPSA) is 36.0 Å². The van der Waals surface area contributed by atoms with Crippen LogP contribution >= 0.6 is 0 Å². The van der Waals surface area contributed by atoms with Crippen molar-refractivity contribution in [1.82, 2.24) is 9.80 Å². The minimum absolute atomic E-state index is 0.240. The lowest BCUT2D eigenvalue weighted by molar-refractivity contribution is 0.0423. The molecule has 35 heavy (non-hydrogen) atoms. The minimum atomic E-state index is -0.240. The molecule has 5 rings (SSSR count). The normalized spacial score (nSPS) is 15.8. The van der Waals surface area contributed by atoms with E-state index in [1.54, 1.807) is 12.1 Å². The summed E-state index contributed by atoms with van der Waals surface area (Å²) in [5.74, 6) is -0.240. The number of nitrogens with zero attached hydrogens (tertiary/aromatic N) is 3. The SMILES string of the molecule is O=C(OCCN1CCN(CCCN2c3ccccc3C=Cc3ccccc32)CC1)c1ccccc1. The highest BCUT2D eigenvalue weighted by Crippen LogP contribution is 2.36. The molecular weight excluding hydrogens is 434 g/mol. The summed E-state index contributed by atoms with van der Waals surface area (Å²) in [6.45, 7) is 7.46. The summed E-state index contributed by atoms with van der Waals surface area (Å²) in [6.07, 6.45) is 5.56. The van der Waals surface area contributed by atoms with E-state index in [1.807, 2.05) is 18.2 Å². The highest BCUT2D eigenvalue weighted by molar-refractivity contribution is 5.89. The molecule has 0 atom stereocenters. The van der Waals surface area contributed by atoms with Gasteiger partial charge in [0.15, 0.2) is 0 Å². The summed E-state index contributed by atoms with van der Waals surface area (Å²) in [7, 11) is 0. The van der Waals surface area contributed by atoms with Crippen molar-refractivity contribution in [2.24, 2.45) is 0 Å². The molecule has 3 aromatic carbocycles. The third kappa shape index (κ3) is 5.81. The number of rotatable bonds is 8. The second kappa shape index (κ2) is 11.3. The van der Waals surface area contributed by atoms with Gasteiger partial charge in [0, 0.05) is 50.6 Å². The lowest BCUT2D eigenvalue weighted by Gasteiger charge is -2.35. The number of benzene rings is 3. The van der Waals surface area contributed by atoms with Crippen molar-refractivity contribution in [2.45, 2.75) is 6.42 Å². The van der Waals surface area contributed by atoms with Crippen LogP contribution in [-0.4, -0.2) is 68.2 Å². The largest absolute Gasteiger partial charge is 0.461 e. The summed E-state index contributed by atoms with van der Waals surface area (Å²) in [6, 6.07) is 26.5. The summed E-state index contributed by atoms with van der Waals surface area (Å²) in [4.78, 5) is 19.5. The zero-order valence-corrected chi connectivity index (χ0v) is 20.2. The number of para-hydroxylation sites is 2. The number of esters is 1. The van der Waals surface area contributed by atoms with E-state index in [-0.39, 0.29) is 5.97 Å². The Morgan fingerprint density at radius 3 is 1.83 bits per heavy atom. The standard InChI is InChI=1S/C30H33N3O2/c34-30(27-11-2-1-3-12-27)35-24-23-32-21-19-31(20-22-32)17-8-18-33-28-13-6-4-9-25(28)15-16-26-10-5-7-14-29(26)33/h1-7,9-16H,8,17-24H2. The smallest absolute Gasteiger partial charge is 0.338 e. The molecule has 0 aliphatic carbocycles. The number of fused-ring (bicyclic) bond motifs is 2. The van der Waals surface area contributed by atoms with Crippen molar-refractivity contribution in [3.63, 3.8) is 0 Å². The quantitative estimate of drug-likeness (QED) is 0.427. The van der Waals surface area contributed by atoms with E-state index >= 15 is 0 Å². The molecule has 2 heterocycles. The molecule has 0 unspecified atom stereocenters. The van der Waals surface area contributed by atoms with Gasteiger partial charge < -0.3 is 14.5 Å². The van der Waals surface area contributed by atoms with Crippen molar-refractivity contribution in [3.05, 3.63) is 95.6 Å². The van der Waals surface area contributed by atoms with E-state index in [0.717, 1.165) is 52.2 Å². The van der Waals surface area contributed by atoms with E-state index in [1.165, 1.54) is 22.5 Å². The first kappa shape index (κ1) is 23.3. The molecule has 2 aliphatic rings. The van der Waals surface area contributed by atoms with Crippen molar-refractivity contribution in [2.75, 3.05) is 57.3 Å². The summed E-state index contributed by atoms with van der Waals surface area (Å²) in [5.41, 5.74) is 5.71. The van der Waals surface area contributed by atoms with Gasteiger partial charge in [-0.2, -0.15) is 0 Å². The van der Waals surface area contributed by atoms with Gasteiger partial charge >= 0.3 is 5.97 Å². The second-order valence-corrected chi connectivity index (χ2v) is 9.14. The molecule has 3 aromatic rings. The molecule has 180 valence electrons. The molecule has 0 radical (unpaired) electrons. The highest BCUT2D eigenvalue weighted by atomic mass is 16.5. The third-order valence-electron chi connectivity index (χ3n) is 6.87. The number of anilines is 2. The van der Waals surface area contributed by atoms with Gasteiger partial charge in [0.05, 0.1) is 5.56 Å². The number of ether oxygens (including phenoxy) is 1. The van der Waals surface area contributed by atoms with Crippen LogP contribution in [0.5, 0.6) is 0 Å². The summed E-state index contributed by atoms with van der Waals surface area (Å²) >= 11 is 0. The Labute approximate surface area is 208 Å². The van der Waals surface area contributed by atoms with Gasteiger partial charge in [-0.3, -0.25) is 4.90 Å². The summed E-state index contributed by atoms with van der Waals surface area (Å²) in [5, 5.41) is 0. The first-order chi connectivity index (χ1) is 17.3. The van der Waals surface area contributed by atoms with Crippen LogP contribution in [0, 0.1) is 0 Å². The van der Waals surface area contributed by atoms with Crippen molar-refractivity contribution in [3.8, 4) is 0 Å². The number of piperazine rings is 1. The van der Waals surface area contributed by atoms with E-state index in [4.69, 9.17) is 4.74 Å². The highest BCUT2D eigenvalue weighted by Gasteiger charge is 2.20. The van der Waals surface area contributed by atoms with Crippen LogP contribution in [0.3, 0.4) is 0 Å². The van der Waals surface area contributed by atoms with Crippen LogP contribution in [0.25, 0.3) is 12.2 Å². The van der Waals surface area contributed by atoms with Gasteiger partial charge in [-0.1, -0.05) is 66.7 Å². The first-order valence-corrected chi connectivity index (χ1v) is 12.6. The fourth-order valence-electron chi connectivity index (χ4n) is 4.91. The molecule has 0 N–H and O–H groups in total. The molecule has 0 aromatic heterocycles. The first-order valence-electron chi connectivity index (χ1n) is 12.6. The van der Waals surface area contributed by atoms with Crippen LogP contribution in [-0.2, 0) is 4.74 Å². The second-order valence-electron chi connectivity index (χ2n) is 9.14.